The second kappa shape index (κ2) is 3.30. The predicted octanol–water partition coefficient (Wildman–Crippen LogP) is 1.78. The van der Waals surface area contributed by atoms with Gasteiger partial charge in [-0.25, -0.2) is 0 Å². The number of hydrogen-bond acceptors (Lipinski definition) is 4. The highest BCUT2D eigenvalue weighted by Gasteiger charge is 2.36. The van der Waals surface area contributed by atoms with E-state index in [2.05, 4.69) is 0 Å². The van der Waals surface area contributed by atoms with Crippen LogP contribution in [0.4, 0.5) is 30.2 Å². The highest BCUT2D eigenvalue weighted by Crippen LogP contribution is 2.39. The molecule has 0 saturated carbocycles. The van der Waals surface area contributed by atoms with E-state index in [0.29, 0.717) is 6.07 Å². The highest BCUT2D eigenvalue weighted by molar-refractivity contribution is 5.69. The molecular weight excluding hydrogens is 215 g/mol. The molecule has 0 bridgehead atoms. The summed E-state index contributed by atoms with van der Waals surface area (Å²) >= 11 is 0. The number of halogens is 3. The molecule has 82 valence electrons. The van der Waals surface area contributed by atoms with Crippen molar-refractivity contribution in [3.63, 3.8) is 0 Å². The van der Waals surface area contributed by atoms with Crippen molar-refractivity contribution in [3.05, 3.63) is 27.8 Å². The number of alkyl halides is 3. The lowest BCUT2D eigenvalue weighted by molar-refractivity contribution is -0.384. The lowest BCUT2D eigenvalue weighted by atomic mass is 10.1. The molecule has 0 fully saturated rings. The summed E-state index contributed by atoms with van der Waals surface area (Å²) < 4.78 is 36.9. The number of benzene rings is 1. The topological polar surface area (TPSA) is 95.2 Å². The van der Waals surface area contributed by atoms with Crippen LogP contribution in [0.3, 0.4) is 0 Å². The first-order chi connectivity index (χ1) is 6.73. The zero-order valence-corrected chi connectivity index (χ0v) is 7.21. The Balaban J connectivity index is 3.49. The minimum Gasteiger partial charge on any atom is -0.399 e. The minimum absolute atomic E-state index is 0.358. The molecule has 15 heavy (non-hydrogen) atoms. The Kier molecular flexibility index (Phi) is 2.44. The van der Waals surface area contributed by atoms with E-state index < -0.39 is 28.0 Å². The number of anilines is 2. The Bertz CT molecular complexity index is 417. The zero-order valence-electron chi connectivity index (χ0n) is 7.21. The summed E-state index contributed by atoms with van der Waals surface area (Å²) in [6.45, 7) is 0. The fourth-order valence-electron chi connectivity index (χ4n) is 1.05. The largest absolute Gasteiger partial charge is 0.418 e. The number of nitro benzene ring substituents is 1. The van der Waals surface area contributed by atoms with Gasteiger partial charge in [0.1, 0.15) is 5.69 Å². The second-order valence-electron chi connectivity index (χ2n) is 2.76. The Hall–Kier alpha value is -1.99. The maximum atomic E-state index is 12.3. The monoisotopic (exact) mass is 221 g/mol. The van der Waals surface area contributed by atoms with Crippen molar-refractivity contribution in [2.45, 2.75) is 6.18 Å². The number of hydrogen-bond donors (Lipinski definition) is 2. The van der Waals surface area contributed by atoms with Crippen molar-refractivity contribution in [2.75, 3.05) is 11.5 Å². The summed E-state index contributed by atoms with van der Waals surface area (Å²) in [5, 5.41) is 10.4. The summed E-state index contributed by atoms with van der Waals surface area (Å²) in [7, 11) is 0. The van der Waals surface area contributed by atoms with E-state index in [1.54, 1.807) is 0 Å². The third-order valence-corrected chi connectivity index (χ3v) is 1.68. The van der Waals surface area contributed by atoms with E-state index in [-0.39, 0.29) is 5.69 Å². The van der Waals surface area contributed by atoms with E-state index >= 15 is 0 Å². The van der Waals surface area contributed by atoms with Crippen LogP contribution in [0, 0.1) is 10.1 Å². The van der Waals surface area contributed by atoms with Crippen molar-refractivity contribution >= 4 is 17.1 Å². The van der Waals surface area contributed by atoms with Gasteiger partial charge in [0, 0.05) is 11.8 Å². The minimum atomic E-state index is -4.76. The number of rotatable bonds is 1. The smallest absolute Gasteiger partial charge is 0.399 e. The molecule has 4 N–H and O–H groups in total. The Morgan fingerprint density at radius 3 is 2.20 bits per heavy atom. The van der Waals surface area contributed by atoms with Crippen molar-refractivity contribution in [2.24, 2.45) is 0 Å². The SMILES string of the molecule is Nc1cc([N+](=O)[O-])c(N)c(C(F)(F)F)c1. The fraction of sp³-hybridized carbons (Fsp3) is 0.143. The molecule has 0 atom stereocenters. The molecule has 0 radical (unpaired) electrons. The van der Waals surface area contributed by atoms with Crippen molar-refractivity contribution in [3.8, 4) is 0 Å². The Labute approximate surface area is 81.6 Å². The van der Waals surface area contributed by atoms with Crippen LogP contribution in [-0.4, -0.2) is 4.92 Å². The zero-order chi connectivity index (χ0) is 11.8. The number of nitrogens with zero attached hydrogens (tertiary/aromatic N) is 1. The highest BCUT2D eigenvalue weighted by atomic mass is 19.4. The molecule has 0 saturated heterocycles. The predicted molar refractivity (Wildman–Crippen MR) is 46.9 cm³/mol. The van der Waals surface area contributed by atoms with Crippen LogP contribution < -0.4 is 11.5 Å². The van der Waals surface area contributed by atoms with E-state index in [1.165, 1.54) is 0 Å². The quantitative estimate of drug-likeness (QED) is 0.429. The van der Waals surface area contributed by atoms with E-state index in [1.807, 2.05) is 0 Å². The average Bonchev–Trinajstić information content (AvgIpc) is 2.06. The summed E-state index contributed by atoms with van der Waals surface area (Å²) in [5.74, 6) is 0. The Morgan fingerprint density at radius 1 is 1.27 bits per heavy atom. The summed E-state index contributed by atoms with van der Waals surface area (Å²) in [5.41, 5.74) is 6.70. The molecule has 0 spiro atoms. The van der Waals surface area contributed by atoms with Gasteiger partial charge in [-0.3, -0.25) is 10.1 Å². The maximum Gasteiger partial charge on any atom is 0.418 e. The standard InChI is InChI=1S/C7H6F3N3O2/c8-7(9,10)4-1-3(11)2-5(6(4)12)13(14)15/h1-2H,11-12H2. The molecule has 1 aromatic carbocycles. The number of nitro groups is 1. The van der Waals surface area contributed by atoms with Crippen LogP contribution in [-0.2, 0) is 6.18 Å². The van der Waals surface area contributed by atoms with Crippen molar-refractivity contribution in [1.82, 2.24) is 0 Å². The molecule has 0 unspecified atom stereocenters. The lowest BCUT2D eigenvalue weighted by Crippen LogP contribution is -2.11. The first-order valence-electron chi connectivity index (χ1n) is 3.64. The van der Waals surface area contributed by atoms with Crippen molar-refractivity contribution < 1.29 is 18.1 Å². The molecule has 0 aliphatic rings. The van der Waals surface area contributed by atoms with Crippen LogP contribution in [0.5, 0.6) is 0 Å². The molecule has 0 aliphatic heterocycles. The third kappa shape index (κ3) is 2.09. The van der Waals surface area contributed by atoms with E-state index in [0.717, 1.165) is 6.07 Å². The van der Waals surface area contributed by atoms with Gasteiger partial charge in [0.2, 0.25) is 0 Å². The molecule has 5 nitrogen and oxygen atoms in total. The number of nitrogens with two attached hydrogens (primary N) is 2. The summed E-state index contributed by atoms with van der Waals surface area (Å²) in [6.07, 6.45) is -4.76. The number of nitrogen functional groups attached to an aromatic ring is 2. The van der Waals surface area contributed by atoms with Gasteiger partial charge in [-0.1, -0.05) is 0 Å². The summed E-state index contributed by atoms with van der Waals surface area (Å²) in [4.78, 5) is 9.34. The maximum absolute atomic E-state index is 12.3. The first kappa shape index (κ1) is 11.1. The van der Waals surface area contributed by atoms with Gasteiger partial charge in [0.15, 0.2) is 0 Å². The lowest BCUT2D eigenvalue weighted by Gasteiger charge is -2.10. The second-order valence-corrected chi connectivity index (χ2v) is 2.76. The van der Waals surface area contributed by atoms with Crippen LogP contribution in [0.1, 0.15) is 5.56 Å². The molecule has 0 heterocycles. The van der Waals surface area contributed by atoms with E-state index in [4.69, 9.17) is 11.5 Å². The normalized spacial score (nSPS) is 11.4. The van der Waals surface area contributed by atoms with Crippen molar-refractivity contribution in [1.29, 1.82) is 0 Å². The van der Waals surface area contributed by atoms with Crippen LogP contribution in [0.25, 0.3) is 0 Å². The molecule has 0 amide bonds. The molecule has 0 aromatic heterocycles. The van der Waals surface area contributed by atoms with Gasteiger partial charge in [-0.2, -0.15) is 13.2 Å². The first-order valence-corrected chi connectivity index (χ1v) is 3.64. The van der Waals surface area contributed by atoms with Gasteiger partial charge in [-0.15, -0.1) is 0 Å². The van der Waals surface area contributed by atoms with Crippen LogP contribution >= 0.6 is 0 Å². The van der Waals surface area contributed by atoms with E-state index in [9.17, 15) is 23.3 Å². The fourth-order valence-corrected chi connectivity index (χ4v) is 1.05. The Morgan fingerprint density at radius 2 is 1.80 bits per heavy atom. The third-order valence-electron chi connectivity index (χ3n) is 1.68. The van der Waals surface area contributed by atoms with Gasteiger partial charge >= 0.3 is 6.18 Å². The molecule has 0 aliphatic carbocycles. The average molecular weight is 221 g/mol. The molecule has 1 rings (SSSR count). The van der Waals surface area contributed by atoms with Gasteiger partial charge in [-0.05, 0) is 6.07 Å². The van der Waals surface area contributed by atoms with Gasteiger partial charge in [0.25, 0.3) is 5.69 Å². The van der Waals surface area contributed by atoms with Crippen LogP contribution in [0.15, 0.2) is 12.1 Å². The molecule has 8 heteroatoms. The molecule has 1 aromatic rings. The van der Waals surface area contributed by atoms with Gasteiger partial charge < -0.3 is 11.5 Å². The summed E-state index contributed by atoms with van der Waals surface area (Å²) in [6, 6.07) is 1.34. The molecular formula is C7H6F3N3O2. The van der Waals surface area contributed by atoms with Crippen LogP contribution in [0.2, 0.25) is 0 Å². The van der Waals surface area contributed by atoms with Gasteiger partial charge in [0.05, 0.1) is 10.5 Å².